The molecular weight excluding hydrogens is 416 g/mol. The fraction of sp³-hybridized carbons (Fsp3) is 0.273. The second-order valence-corrected chi connectivity index (χ2v) is 8.08. The lowest BCUT2D eigenvalue weighted by atomic mass is 10.1. The molecule has 0 aliphatic carbocycles. The van der Waals surface area contributed by atoms with E-state index in [0.29, 0.717) is 0 Å². The Hall–Kier alpha value is -2.60. The van der Waals surface area contributed by atoms with E-state index in [1.54, 1.807) is 0 Å². The van der Waals surface area contributed by atoms with Crippen LogP contribution in [0.2, 0.25) is 0 Å². The Morgan fingerprint density at radius 3 is 2.50 bits per heavy atom. The lowest BCUT2D eigenvalue weighted by Crippen LogP contribution is -2.30. The first-order valence-corrected chi connectivity index (χ1v) is 10.4. The van der Waals surface area contributed by atoms with Crippen molar-refractivity contribution in [2.45, 2.75) is 26.2 Å². The number of carbonyl (C=O) groups is 1. The number of fused-ring (bicyclic) bond motifs is 1. The zero-order chi connectivity index (χ0) is 19.5. The van der Waals surface area contributed by atoms with Gasteiger partial charge in [-0.2, -0.15) is 0 Å². The van der Waals surface area contributed by atoms with Gasteiger partial charge in [0.25, 0.3) is 0 Å². The molecule has 2 N–H and O–H groups in total. The van der Waals surface area contributed by atoms with Crippen molar-refractivity contribution >= 4 is 50.1 Å². The van der Waals surface area contributed by atoms with Gasteiger partial charge in [0, 0.05) is 34.3 Å². The van der Waals surface area contributed by atoms with Crippen LogP contribution >= 0.6 is 15.9 Å². The largest absolute Gasteiger partial charge is 0.357 e. The Labute approximate surface area is 173 Å². The van der Waals surface area contributed by atoms with E-state index in [0.717, 1.165) is 45.7 Å². The van der Waals surface area contributed by atoms with Gasteiger partial charge in [-0.3, -0.25) is 0 Å². The molecule has 0 atom stereocenters. The molecule has 0 radical (unpaired) electrons. The predicted molar refractivity (Wildman–Crippen MR) is 119 cm³/mol. The first kappa shape index (κ1) is 18.7. The average Bonchev–Trinajstić information content (AvgIpc) is 2.69. The van der Waals surface area contributed by atoms with Crippen LogP contribution in [-0.4, -0.2) is 24.1 Å². The molecule has 1 aromatic heterocycles. The van der Waals surface area contributed by atoms with Crippen LogP contribution < -0.4 is 15.5 Å². The molecule has 4 rings (SSSR count). The van der Waals surface area contributed by atoms with Crippen LogP contribution in [-0.2, 0) is 0 Å². The number of carbonyl (C=O) groups excluding carboxylic acids is 1. The topological polar surface area (TPSA) is 57.3 Å². The highest BCUT2D eigenvalue weighted by Gasteiger charge is 2.14. The Morgan fingerprint density at radius 2 is 1.75 bits per heavy atom. The SMILES string of the molecule is Cc1cc(N2CCCCC2)nc2ccc(NC(=O)Nc3cccc(Br)c3)cc12. The quantitative estimate of drug-likeness (QED) is 0.531. The molecule has 1 aliphatic heterocycles. The second kappa shape index (κ2) is 8.19. The molecule has 2 aromatic carbocycles. The van der Waals surface area contributed by atoms with Gasteiger partial charge >= 0.3 is 6.03 Å². The highest BCUT2D eigenvalue weighted by atomic mass is 79.9. The highest BCUT2D eigenvalue weighted by molar-refractivity contribution is 9.10. The zero-order valence-corrected chi connectivity index (χ0v) is 17.4. The monoisotopic (exact) mass is 438 g/mol. The predicted octanol–water partition coefficient (Wildman–Crippen LogP) is 5.94. The van der Waals surface area contributed by atoms with E-state index in [9.17, 15) is 4.79 Å². The highest BCUT2D eigenvalue weighted by Crippen LogP contribution is 2.27. The van der Waals surface area contributed by atoms with Gasteiger partial charge in [0.2, 0.25) is 0 Å². The third-order valence-corrected chi connectivity index (χ3v) is 5.52. The smallest absolute Gasteiger partial charge is 0.323 e. The number of anilines is 3. The Kier molecular flexibility index (Phi) is 5.48. The second-order valence-electron chi connectivity index (χ2n) is 7.17. The standard InChI is InChI=1S/C22H23BrN4O/c1-15-12-21(27-10-3-2-4-11-27)26-20-9-8-18(14-19(15)20)25-22(28)24-17-7-5-6-16(23)13-17/h5-9,12-14H,2-4,10-11H2,1H3,(H2,24,25,28). The number of urea groups is 1. The number of rotatable bonds is 3. The van der Waals surface area contributed by atoms with Crippen LogP contribution in [0, 0.1) is 6.92 Å². The minimum absolute atomic E-state index is 0.270. The first-order valence-electron chi connectivity index (χ1n) is 9.58. The summed E-state index contributed by atoms with van der Waals surface area (Å²) in [5.74, 6) is 1.05. The van der Waals surface area contributed by atoms with E-state index >= 15 is 0 Å². The summed E-state index contributed by atoms with van der Waals surface area (Å²) in [4.78, 5) is 19.5. The van der Waals surface area contributed by atoms with Crippen molar-refractivity contribution in [1.82, 2.24) is 4.98 Å². The lowest BCUT2D eigenvalue weighted by molar-refractivity contribution is 0.262. The number of halogens is 1. The number of hydrogen-bond acceptors (Lipinski definition) is 3. The third-order valence-electron chi connectivity index (χ3n) is 5.02. The number of piperidine rings is 1. The normalized spacial score (nSPS) is 14.1. The third kappa shape index (κ3) is 4.28. The molecule has 0 bridgehead atoms. The summed E-state index contributed by atoms with van der Waals surface area (Å²) in [6.07, 6.45) is 3.77. The molecule has 2 heterocycles. The molecular formula is C22H23BrN4O. The number of nitrogens with zero attached hydrogens (tertiary/aromatic N) is 2. The molecule has 1 fully saturated rings. The van der Waals surface area contributed by atoms with Gasteiger partial charge in [-0.25, -0.2) is 9.78 Å². The number of aromatic nitrogens is 1. The van der Waals surface area contributed by atoms with Gasteiger partial charge in [0.05, 0.1) is 5.52 Å². The van der Waals surface area contributed by atoms with E-state index < -0.39 is 0 Å². The lowest BCUT2D eigenvalue weighted by Gasteiger charge is -2.28. The number of hydrogen-bond donors (Lipinski definition) is 2. The summed E-state index contributed by atoms with van der Waals surface area (Å²) in [5, 5.41) is 6.80. The molecule has 0 saturated carbocycles. The van der Waals surface area contributed by atoms with Gasteiger partial charge in [-0.1, -0.05) is 22.0 Å². The van der Waals surface area contributed by atoms with Crippen LogP contribution in [0.5, 0.6) is 0 Å². The maximum absolute atomic E-state index is 12.3. The van der Waals surface area contributed by atoms with Crippen LogP contribution in [0.1, 0.15) is 24.8 Å². The zero-order valence-electron chi connectivity index (χ0n) is 15.8. The molecule has 1 saturated heterocycles. The van der Waals surface area contributed by atoms with Gasteiger partial charge < -0.3 is 15.5 Å². The molecule has 6 heteroatoms. The van der Waals surface area contributed by atoms with E-state index in [1.807, 2.05) is 42.5 Å². The number of nitrogens with one attached hydrogen (secondary N) is 2. The van der Waals surface area contributed by atoms with Crippen molar-refractivity contribution in [2.75, 3.05) is 28.6 Å². The number of pyridine rings is 1. The van der Waals surface area contributed by atoms with Crippen molar-refractivity contribution in [2.24, 2.45) is 0 Å². The van der Waals surface area contributed by atoms with Crippen LogP contribution in [0.3, 0.4) is 0 Å². The molecule has 2 amide bonds. The van der Waals surface area contributed by atoms with Crippen molar-refractivity contribution in [3.8, 4) is 0 Å². The van der Waals surface area contributed by atoms with Crippen molar-refractivity contribution in [1.29, 1.82) is 0 Å². The van der Waals surface area contributed by atoms with Gasteiger partial charge in [-0.05, 0) is 74.2 Å². The maximum Gasteiger partial charge on any atom is 0.323 e. The molecule has 0 spiro atoms. The fourth-order valence-corrected chi connectivity index (χ4v) is 4.00. The molecule has 144 valence electrons. The Morgan fingerprint density at radius 1 is 1.00 bits per heavy atom. The van der Waals surface area contributed by atoms with E-state index in [4.69, 9.17) is 4.98 Å². The van der Waals surface area contributed by atoms with Crippen LogP contribution in [0.25, 0.3) is 10.9 Å². The van der Waals surface area contributed by atoms with E-state index in [2.05, 4.69) is 44.5 Å². The van der Waals surface area contributed by atoms with Crippen molar-refractivity contribution < 1.29 is 4.79 Å². The van der Waals surface area contributed by atoms with Crippen molar-refractivity contribution in [3.63, 3.8) is 0 Å². The van der Waals surface area contributed by atoms with Gasteiger partial charge in [0.1, 0.15) is 5.82 Å². The average molecular weight is 439 g/mol. The number of aryl methyl sites for hydroxylation is 1. The van der Waals surface area contributed by atoms with Crippen LogP contribution in [0.4, 0.5) is 22.0 Å². The summed E-state index contributed by atoms with van der Waals surface area (Å²) >= 11 is 3.41. The summed E-state index contributed by atoms with van der Waals surface area (Å²) in [7, 11) is 0. The van der Waals surface area contributed by atoms with Crippen LogP contribution in [0.15, 0.2) is 53.0 Å². The van der Waals surface area contributed by atoms with Gasteiger partial charge in [-0.15, -0.1) is 0 Å². The molecule has 3 aromatic rings. The summed E-state index contributed by atoms with van der Waals surface area (Å²) in [6.45, 7) is 4.25. The summed E-state index contributed by atoms with van der Waals surface area (Å²) < 4.78 is 0.919. The fourth-order valence-electron chi connectivity index (χ4n) is 3.60. The minimum Gasteiger partial charge on any atom is -0.357 e. The molecule has 28 heavy (non-hydrogen) atoms. The van der Waals surface area contributed by atoms with E-state index in [-0.39, 0.29) is 6.03 Å². The minimum atomic E-state index is -0.270. The maximum atomic E-state index is 12.3. The molecule has 5 nitrogen and oxygen atoms in total. The first-order chi connectivity index (χ1) is 13.6. The Bertz CT molecular complexity index is 1010. The Balaban J connectivity index is 1.52. The number of amides is 2. The van der Waals surface area contributed by atoms with E-state index in [1.165, 1.54) is 24.8 Å². The van der Waals surface area contributed by atoms with Crippen molar-refractivity contribution in [3.05, 3.63) is 58.6 Å². The molecule has 1 aliphatic rings. The summed E-state index contributed by atoms with van der Waals surface area (Å²) in [6, 6.07) is 15.2. The van der Waals surface area contributed by atoms with Gasteiger partial charge in [0.15, 0.2) is 0 Å². The molecule has 0 unspecified atom stereocenters. The summed E-state index contributed by atoms with van der Waals surface area (Å²) in [5.41, 5.74) is 3.60. The number of benzene rings is 2.